The van der Waals surface area contributed by atoms with Gasteiger partial charge in [-0.2, -0.15) is 0 Å². The number of hydrogen-bond donors (Lipinski definition) is 0. The predicted molar refractivity (Wildman–Crippen MR) is 192 cm³/mol. The molecule has 0 amide bonds. The van der Waals surface area contributed by atoms with Crippen molar-refractivity contribution >= 4 is 43.4 Å². The normalized spacial score (nSPS) is 14.8. The van der Waals surface area contributed by atoms with Crippen LogP contribution in [0, 0.1) is 0 Å². The molecular formula is C40H46P2. The Morgan fingerprint density at radius 2 is 1.33 bits per heavy atom. The van der Waals surface area contributed by atoms with Gasteiger partial charge in [-0.15, -0.1) is 0 Å². The van der Waals surface area contributed by atoms with Crippen molar-refractivity contribution in [1.82, 2.24) is 0 Å². The van der Waals surface area contributed by atoms with Crippen molar-refractivity contribution in [2.45, 2.75) is 89.4 Å². The molecule has 0 aromatic heterocycles. The summed E-state index contributed by atoms with van der Waals surface area (Å²) in [7, 11) is 0.646. The van der Waals surface area contributed by atoms with Gasteiger partial charge in [0.05, 0.1) is 0 Å². The third-order valence-electron chi connectivity index (χ3n) is 9.45. The van der Waals surface area contributed by atoms with Crippen LogP contribution in [0.4, 0.5) is 0 Å². The van der Waals surface area contributed by atoms with Gasteiger partial charge in [-0.05, 0) is 97.1 Å². The van der Waals surface area contributed by atoms with Gasteiger partial charge < -0.3 is 0 Å². The Morgan fingerprint density at radius 1 is 0.690 bits per heavy atom. The van der Waals surface area contributed by atoms with E-state index in [0.717, 1.165) is 20.7 Å². The van der Waals surface area contributed by atoms with Crippen molar-refractivity contribution in [2.75, 3.05) is 0 Å². The second kappa shape index (κ2) is 13.4. The molecule has 42 heavy (non-hydrogen) atoms. The largest absolute Gasteiger partial charge is 0.0969 e. The zero-order chi connectivity index (χ0) is 29.1. The van der Waals surface area contributed by atoms with Crippen LogP contribution >= 0.6 is 16.5 Å². The zero-order valence-electron chi connectivity index (χ0n) is 25.9. The maximum atomic E-state index is 2.56. The average molecular weight is 589 g/mol. The summed E-state index contributed by atoms with van der Waals surface area (Å²) in [6.07, 6.45) is 9.23. The highest BCUT2D eigenvalue weighted by atomic mass is 31.1. The third kappa shape index (κ3) is 6.23. The van der Waals surface area contributed by atoms with Crippen LogP contribution in [-0.2, 0) is 12.3 Å². The fourth-order valence-electron chi connectivity index (χ4n) is 7.30. The number of benzene rings is 5. The van der Waals surface area contributed by atoms with Crippen LogP contribution in [0.3, 0.4) is 0 Å². The molecule has 1 unspecified atom stereocenters. The van der Waals surface area contributed by atoms with Gasteiger partial charge in [0.15, 0.2) is 0 Å². The van der Waals surface area contributed by atoms with Crippen molar-refractivity contribution < 1.29 is 0 Å². The summed E-state index contributed by atoms with van der Waals surface area (Å²) in [5.41, 5.74) is 9.11. The van der Waals surface area contributed by atoms with E-state index in [1.807, 2.05) is 0 Å². The lowest BCUT2D eigenvalue weighted by Crippen LogP contribution is -2.13. The molecule has 0 nitrogen and oxygen atoms in total. The molecule has 2 heteroatoms. The Kier molecular flexibility index (Phi) is 9.44. The molecule has 0 N–H and O–H groups in total. The van der Waals surface area contributed by atoms with E-state index in [1.54, 1.807) is 22.0 Å². The van der Waals surface area contributed by atoms with Crippen LogP contribution in [0.15, 0.2) is 97.1 Å². The summed E-state index contributed by atoms with van der Waals surface area (Å²) in [4.78, 5) is 0. The highest BCUT2D eigenvalue weighted by Crippen LogP contribution is 2.52. The summed E-state index contributed by atoms with van der Waals surface area (Å²) in [5.74, 6) is 0.750. The van der Waals surface area contributed by atoms with Gasteiger partial charge in [-0.1, -0.05) is 161 Å². The van der Waals surface area contributed by atoms with Gasteiger partial charge in [-0.3, -0.25) is 0 Å². The SMILES string of the molecule is CC(C)P(Cc1c(CPc2ccccc2C2CCCCC2)cc2ccccc2c1-c1cccc2ccccc12)C(C)C. The minimum atomic E-state index is -0.155. The molecule has 1 saturated carbocycles. The summed E-state index contributed by atoms with van der Waals surface area (Å²) in [5, 5.41) is 7.08. The molecule has 1 aliphatic carbocycles. The van der Waals surface area contributed by atoms with E-state index in [9.17, 15) is 0 Å². The summed E-state index contributed by atoms with van der Waals surface area (Å²) in [6, 6.07) is 37.0. The first-order valence-corrected chi connectivity index (χ1v) is 19.0. The number of rotatable bonds is 9. The smallest absolute Gasteiger partial charge is 0.00568 e. The first-order chi connectivity index (χ1) is 20.5. The molecule has 5 aromatic carbocycles. The Morgan fingerprint density at radius 3 is 2.10 bits per heavy atom. The average Bonchev–Trinajstić information content (AvgIpc) is 3.02. The van der Waals surface area contributed by atoms with Gasteiger partial charge in [0.1, 0.15) is 0 Å². The van der Waals surface area contributed by atoms with E-state index in [2.05, 4.69) is 125 Å². The topological polar surface area (TPSA) is 0 Å². The second-order valence-electron chi connectivity index (χ2n) is 12.8. The molecule has 0 heterocycles. The van der Waals surface area contributed by atoms with E-state index in [-0.39, 0.29) is 7.92 Å². The first-order valence-electron chi connectivity index (χ1n) is 16.1. The maximum Gasteiger partial charge on any atom is -0.00568 e. The molecule has 1 aliphatic rings. The van der Waals surface area contributed by atoms with Crippen molar-refractivity contribution in [3.05, 3.63) is 114 Å². The van der Waals surface area contributed by atoms with Gasteiger partial charge in [-0.25, -0.2) is 0 Å². The molecule has 5 aromatic rings. The van der Waals surface area contributed by atoms with Crippen LogP contribution in [0.5, 0.6) is 0 Å². The molecule has 216 valence electrons. The summed E-state index contributed by atoms with van der Waals surface area (Å²) >= 11 is 0. The molecular weight excluding hydrogens is 542 g/mol. The minimum absolute atomic E-state index is 0.155. The van der Waals surface area contributed by atoms with E-state index in [1.165, 1.54) is 70.9 Å². The summed E-state index contributed by atoms with van der Waals surface area (Å²) in [6.45, 7) is 9.80. The molecule has 6 rings (SSSR count). The van der Waals surface area contributed by atoms with Crippen molar-refractivity contribution in [1.29, 1.82) is 0 Å². The number of fused-ring (bicyclic) bond motifs is 2. The van der Waals surface area contributed by atoms with E-state index < -0.39 is 0 Å². The quantitative estimate of drug-likeness (QED) is 0.150. The molecule has 0 bridgehead atoms. The lowest BCUT2D eigenvalue weighted by Gasteiger charge is -2.29. The van der Waals surface area contributed by atoms with Gasteiger partial charge >= 0.3 is 0 Å². The van der Waals surface area contributed by atoms with Crippen LogP contribution in [-0.4, -0.2) is 11.3 Å². The lowest BCUT2D eigenvalue weighted by molar-refractivity contribution is 0.445. The Hall–Kier alpha value is -2.52. The Labute approximate surface area is 256 Å². The highest BCUT2D eigenvalue weighted by Gasteiger charge is 2.24. The van der Waals surface area contributed by atoms with Crippen molar-refractivity contribution in [3.63, 3.8) is 0 Å². The summed E-state index contributed by atoms with van der Waals surface area (Å²) < 4.78 is 0. The fourth-order valence-corrected chi connectivity index (χ4v) is 11.4. The van der Waals surface area contributed by atoms with Gasteiger partial charge in [0.2, 0.25) is 0 Å². The highest BCUT2D eigenvalue weighted by molar-refractivity contribution is 7.58. The van der Waals surface area contributed by atoms with Gasteiger partial charge in [0.25, 0.3) is 0 Å². The predicted octanol–water partition coefficient (Wildman–Crippen LogP) is 12.0. The second-order valence-corrected chi connectivity index (χ2v) is 17.4. The molecule has 0 saturated heterocycles. The minimum Gasteiger partial charge on any atom is -0.0969 e. The lowest BCUT2D eigenvalue weighted by atomic mass is 9.84. The molecule has 0 spiro atoms. The Bertz CT molecular complexity index is 1640. The standard InChI is InChI=1S/C40H46P2/c1-28(2)42(29(3)4)27-38-33(26-41-39-24-13-12-21-35(39)31-15-6-5-7-16-31)25-32-18-9-11-22-36(32)40(38)37-23-14-19-30-17-8-10-20-34(30)37/h8-14,17-25,28-29,31,41H,5-7,15-16,26-27H2,1-4H3. The number of hydrogen-bond acceptors (Lipinski definition) is 0. The van der Waals surface area contributed by atoms with Crippen LogP contribution in [0.1, 0.15) is 82.4 Å². The molecule has 1 fully saturated rings. The molecule has 0 aliphatic heterocycles. The first kappa shape index (κ1) is 29.5. The van der Waals surface area contributed by atoms with E-state index in [0.29, 0.717) is 11.3 Å². The van der Waals surface area contributed by atoms with Crippen LogP contribution < -0.4 is 5.30 Å². The molecule has 1 atom stereocenters. The maximum absolute atomic E-state index is 2.56. The fraction of sp³-hybridized carbons (Fsp3) is 0.350. The van der Waals surface area contributed by atoms with Crippen molar-refractivity contribution in [2.24, 2.45) is 0 Å². The van der Waals surface area contributed by atoms with Crippen molar-refractivity contribution in [3.8, 4) is 11.1 Å². The van der Waals surface area contributed by atoms with E-state index in [4.69, 9.17) is 0 Å². The molecule has 0 radical (unpaired) electrons. The monoisotopic (exact) mass is 588 g/mol. The third-order valence-corrected chi connectivity index (χ3v) is 14.2. The Balaban J connectivity index is 1.52. The zero-order valence-corrected chi connectivity index (χ0v) is 27.8. The van der Waals surface area contributed by atoms with Crippen LogP contribution in [0.2, 0.25) is 0 Å². The van der Waals surface area contributed by atoms with E-state index >= 15 is 0 Å². The van der Waals surface area contributed by atoms with Gasteiger partial charge in [0, 0.05) is 0 Å². The van der Waals surface area contributed by atoms with Crippen LogP contribution in [0.25, 0.3) is 32.7 Å².